The normalized spacial score (nSPS) is 12.4. The van der Waals surface area contributed by atoms with Crippen LogP contribution in [0.1, 0.15) is 54.2 Å². The van der Waals surface area contributed by atoms with Gasteiger partial charge in [-0.15, -0.1) is 11.3 Å². The minimum Gasteiger partial charge on any atom is -0.350 e. The average Bonchev–Trinajstić information content (AvgIpc) is 3.35. The van der Waals surface area contributed by atoms with Gasteiger partial charge in [-0.25, -0.2) is 10.5 Å². The molecule has 0 saturated heterocycles. The number of unbranched alkanes of at least 4 members (excludes halogenated alkanes) is 1. The Morgan fingerprint density at radius 2 is 1.79 bits per heavy atom. The van der Waals surface area contributed by atoms with Gasteiger partial charge < -0.3 is 16.0 Å². The molecule has 11 heteroatoms. The molecule has 0 saturated carbocycles. The molecular formula is C27H33N5O5S. The zero-order chi connectivity index (χ0) is 27.5. The number of hydroxylamine groups is 1. The summed E-state index contributed by atoms with van der Waals surface area (Å²) >= 11 is 1.29. The molecule has 0 spiro atoms. The highest BCUT2D eigenvalue weighted by Gasteiger charge is 2.28. The molecular weight excluding hydrogens is 506 g/mol. The number of hydrogen-bond donors (Lipinski definition) is 4. The summed E-state index contributed by atoms with van der Waals surface area (Å²) in [5.74, 6) is -2.26. The first-order valence-corrected chi connectivity index (χ1v) is 13.3. The van der Waals surface area contributed by atoms with Crippen LogP contribution in [0.5, 0.6) is 0 Å². The van der Waals surface area contributed by atoms with Gasteiger partial charge in [0, 0.05) is 11.9 Å². The summed E-state index contributed by atoms with van der Waals surface area (Å²) < 4.78 is 0. The predicted octanol–water partition coefficient (Wildman–Crippen LogP) is 2.76. The summed E-state index contributed by atoms with van der Waals surface area (Å²) in [7, 11) is 0. The van der Waals surface area contributed by atoms with Crippen LogP contribution in [-0.4, -0.2) is 47.3 Å². The molecule has 0 aliphatic rings. The first kappa shape index (κ1) is 28.7. The molecule has 202 valence electrons. The molecule has 10 nitrogen and oxygen atoms in total. The molecule has 0 aliphatic carbocycles. The van der Waals surface area contributed by atoms with Crippen LogP contribution in [0.25, 0.3) is 10.8 Å². The van der Waals surface area contributed by atoms with E-state index in [1.54, 1.807) is 12.3 Å². The van der Waals surface area contributed by atoms with Crippen LogP contribution < -0.4 is 21.4 Å². The standard InChI is InChI=1S/C27H33N5O5S/c1-4-5-13-37-32-24(33)14-22(31-27(36)23-16-38-18(3)30-23)26(35)29-17(2)25(34)28-15-20-11-8-10-19-9-6-7-12-21(19)20/h6-12,16-17,22H,4-5,13-15H2,1-3H3,(H,28,34)(H,29,35)(H,31,36)(H,32,33)/t17-,22-/m0/s1. The summed E-state index contributed by atoms with van der Waals surface area (Å²) in [6.07, 6.45) is 1.27. The van der Waals surface area contributed by atoms with Gasteiger partial charge in [-0.2, -0.15) is 0 Å². The summed E-state index contributed by atoms with van der Waals surface area (Å²) in [4.78, 5) is 60.1. The van der Waals surface area contributed by atoms with Gasteiger partial charge >= 0.3 is 0 Å². The van der Waals surface area contributed by atoms with Crippen molar-refractivity contribution in [3.63, 3.8) is 0 Å². The molecule has 0 unspecified atom stereocenters. The third-order valence-corrected chi connectivity index (χ3v) is 6.51. The number of carbonyl (C=O) groups is 4. The molecule has 1 aromatic heterocycles. The lowest BCUT2D eigenvalue weighted by Gasteiger charge is -2.21. The van der Waals surface area contributed by atoms with Crippen LogP contribution in [0.2, 0.25) is 0 Å². The van der Waals surface area contributed by atoms with Gasteiger partial charge in [-0.3, -0.25) is 24.0 Å². The molecule has 4 amide bonds. The number of nitrogens with one attached hydrogen (secondary N) is 4. The van der Waals surface area contributed by atoms with E-state index in [2.05, 4.69) is 26.4 Å². The topological polar surface area (TPSA) is 139 Å². The van der Waals surface area contributed by atoms with Crippen molar-refractivity contribution in [2.24, 2.45) is 0 Å². The molecule has 4 N–H and O–H groups in total. The number of thiazole rings is 1. The van der Waals surface area contributed by atoms with E-state index in [9.17, 15) is 19.2 Å². The molecule has 0 fully saturated rings. The highest BCUT2D eigenvalue weighted by molar-refractivity contribution is 7.09. The maximum atomic E-state index is 13.0. The van der Waals surface area contributed by atoms with E-state index in [1.165, 1.54) is 18.3 Å². The van der Waals surface area contributed by atoms with Crippen molar-refractivity contribution in [3.8, 4) is 0 Å². The van der Waals surface area contributed by atoms with Crippen LogP contribution in [0, 0.1) is 6.92 Å². The number of fused-ring (bicyclic) bond motifs is 1. The van der Waals surface area contributed by atoms with Crippen molar-refractivity contribution >= 4 is 45.7 Å². The second kappa shape index (κ2) is 14.2. The van der Waals surface area contributed by atoms with E-state index in [4.69, 9.17) is 4.84 Å². The van der Waals surface area contributed by atoms with E-state index >= 15 is 0 Å². The monoisotopic (exact) mass is 539 g/mol. The zero-order valence-electron chi connectivity index (χ0n) is 21.7. The Bertz CT molecular complexity index is 1270. The second-order valence-electron chi connectivity index (χ2n) is 8.80. The third-order valence-electron chi connectivity index (χ3n) is 5.73. The number of rotatable bonds is 13. The second-order valence-corrected chi connectivity index (χ2v) is 9.86. The van der Waals surface area contributed by atoms with Crippen molar-refractivity contribution in [1.29, 1.82) is 0 Å². The van der Waals surface area contributed by atoms with Crippen molar-refractivity contribution in [2.75, 3.05) is 6.61 Å². The Balaban J connectivity index is 1.61. The first-order valence-electron chi connectivity index (χ1n) is 12.5. The molecule has 1 heterocycles. The number of carbonyl (C=O) groups excluding carboxylic acids is 4. The number of benzene rings is 2. The Hall–Kier alpha value is -3.83. The zero-order valence-corrected chi connectivity index (χ0v) is 22.5. The van der Waals surface area contributed by atoms with Gasteiger partial charge in [0.2, 0.25) is 17.7 Å². The molecule has 0 aliphatic heterocycles. The Labute approximate surface area is 225 Å². The Kier molecular flexibility index (Phi) is 10.7. The number of hydrogen-bond acceptors (Lipinski definition) is 7. The van der Waals surface area contributed by atoms with Crippen LogP contribution in [-0.2, 0) is 25.8 Å². The quantitative estimate of drug-likeness (QED) is 0.195. The average molecular weight is 540 g/mol. The number of aromatic nitrogens is 1. The lowest BCUT2D eigenvalue weighted by Crippen LogP contribution is -2.54. The van der Waals surface area contributed by atoms with Crippen LogP contribution in [0.3, 0.4) is 0 Å². The van der Waals surface area contributed by atoms with E-state index in [0.717, 1.165) is 29.2 Å². The van der Waals surface area contributed by atoms with E-state index in [-0.39, 0.29) is 18.7 Å². The molecule has 2 aromatic carbocycles. The summed E-state index contributed by atoms with van der Waals surface area (Å²) in [5, 5.41) is 12.3. The first-order chi connectivity index (χ1) is 18.3. The van der Waals surface area contributed by atoms with E-state index in [0.29, 0.717) is 11.6 Å². The van der Waals surface area contributed by atoms with Gasteiger partial charge in [0.25, 0.3) is 5.91 Å². The summed E-state index contributed by atoms with van der Waals surface area (Å²) in [6.45, 7) is 5.89. The van der Waals surface area contributed by atoms with Gasteiger partial charge in [-0.1, -0.05) is 55.8 Å². The maximum Gasteiger partial charge on any atom is 0.271 e. The minimum absolute atomic E-state index is 0.144. The predicted molar refractivity (Wildman–Crippen MR) is 145 cm³/mol. The number of amides is 4. The lowest BCUT2D eigenvalue weighted by molar-refractivity contribution is -0.137. The molecule has 0 radical (unpaired) electrons. The SMILES string of the molecule is CCCCONC(=O)C[C@H](NC(=O)c1csc(C)n1)C(=O)N[C@@H](C)C(=O)NCc1cccc2ccccc12. The number of aryl methyl sites for hydroxylation is 1. The molecule has 0 bridgehead atoms. The van der Waals surface area contributed by atoms with E-state index in [1.807, 2.05) is 49.4 Å². The maximum absolute atomic E-state index is 13.0. The van der Waals surface area contributed by atoms with Gasteiger partial charge in [0.15, 0.2) is 0 Å². The lowest BCUT2D eigenvalue weighted by atomic mass is 10.0. The molecule has 3 rings (SSSR count). The van der Waals surface area contributed by atoms with Crippen molar-refractivity contribution < 1.29 is 24.0 Å². The van der Waals surface area contributed by atoms with E-state index < -0.39 is 35.7 Å². The van der Waals surface area contributed by atoms with Gasteiger partial charge in [0.05, 0.1) is 18.0 Å². The number of nitrogens with zero attached hydrogens (tertiary/aromatic N) is 1. The van der Waals surface area contributed by atoms with Crippen molar-refractivity contribution in [1.82, 2.24) is 26.4 Å². The van der Waals surface area contributed by atoms with Crippen LogP contribution in [0.15, 0.2) is 47.8 Å². The highest BCUT2D eigenvalue weighted by atomic mass is 32.1. The third kappa shape index (κ3) is 8.35. The Morgan fingerprint density at radius 3 is 2.53 bits per heavy atom. The largest absolute Gasteiger partial charge is 0.350 e. The molecule has 38 heavy (non-hydrogen) atoms. The minimum atomic E-state index is -1.24. The fourth-order valence-electron chi connectivity index (χ4n) is 3.65. The fraction of sp³-hybridized carbons (Fsp3) is 0.370. The summed E-state index contributed by atoms with van der Waals surface area (Å²) in [6, 6.07) is 11.5. The fourth-order valence-corrected chi connectivity index (χ4v) is 4.24. The van der Waals surface area contributed by atoms with Gasteiger partial charge in [0.1, 0.15) is 17.8 Å². The molecule has 2 atom stereocenters. The van der Waals surface area contributed by atoms with Crippen LogP contribution >= 0.6 is 11.3 Å². The Morgan fingerprint density at radius 1 is 1.03 bits per heavy atom. The molecule has 3 aromatic rings. The van der Waals surface area contributed by atoms with Gasteiger partial charge in [-0.05, 0) is 36.6 Å². The smallest absolute Gasteiger partial charge is 0.271 e. The van der Waals surface area contributed by atoms with Crippen molar-refractivity contribution in [3.05, 3.63) is 64.1 Å². The van der Waals surface area contributed by atoms with Crippen molar-refractivity contribution in [2.45, 2.75) is 58.7 Å². The highest BCUT2D eigenvalue weighted by Crippen LogP contribution is 2.18. The van der Waals surface area contributed by atoms with Crippen LogP contribution in [0.4, 0.5) is 0 Å². The summed E-state index contributed by atoms with van der Waals surface area (Å²) in [5.41, 5.74) is 3.37.